The molecule has 1 aliphatic carbocycles. The number of aryl methyl sites for hydroxylation is 2. The molecule has 2 rings (SSSR count). The molecular weight excluding hydrogens is 226 g/mol. The maximum Gasteiger partial charge on any atom is 0.189 e. The van der Waals surface area contributed by atoms with Crippen molar-refractivity contribution in [1.29, 1.82) is 0 Å². The molecule has 0 atom stereocenters. The molecule has 5 nitrogen and oxygen atoms in total. The van der Waals surface area contributed by atoms with Crippen LogP contribution in [0.1, 0.15) is 49.1 Å². The largest absolute Gasteiger partial charge is 0.370 e. The summed E-state index contributed by atoms with van der Waals surface area (Å²) >= 11 is 0. The van der Waals surface area contributed by atoms with E-state index in [4.69, 9.17) is 5.73 Å². The molecular formula is C13H23N5. The van der Waals surface area contributed by atoms with E-state index in [-0.39, 0.29) is 0 Å². The Morgan fingerprint density at radius 1 is 1.39 bits per heavy atom. The Morgan fingerprint density at radius 2 is 2.11 bits per heavy atom. The zero-order valence-electron chi connectivity index (χ0n) is 11.3. The first-order chi connectivity index (χ1) is 8.66. The fourth-order valence-electron chi connectivity index (χ4n) is 2.47. The molecule has 18 heavy (non-hydrogen) atoms. The van der Waals surface area contributed by atoms with Gasteiger partial charge in [-0.1, -0.05) is 19.3 Å². The van der Waals surface area contributed by atoms with Crippen LogP contribution in [0.4, 0.5) is 0 Å². The Kier molecular flexibility index (Phi) is 4.23. The predicted octanol–water partition coefficient (Wildman–Crippen LogP) is 1.76. The molecule has 1 saturated carbocycles. The van der Waals surface area contributed by atoms with E-state index in [2.05, 4.69) is 20.5 Å². The van der Waals surface area contributed by atoms with Gasteiger partial charge in [-0.25, -0.2) is 4.99 Å². The van der Waals surface area contributed by atoms with Crippen molar-refractivity contribution in [2.45, 2.75) is 58.5 Å². The Hall–Kier alpha value is -1.52. The summed E-state index contributed by atoms with van der Waals surface area (Å²) in [5.41, 5.74) is 9.14. The molecule has 1 aromatic rings. The van der Waals surface area contributed by atoms with Crippen molar-refractivity contribution in [2.75, 3.05) is 0 Å². The molecule has 0 bridgehead atoms. The molecule has 0 spiro atoms. The zero-order valence-corrected chi connectivity index (χ0v) is 11.3. The fourth-order valence-corrected chi connectivity index (χ4v) is 2.47. The van der Waals surface area contributed by atoms with Gasteiger partial charge in [-0.2, -0.15) is 5.10 Å². The molecule has 1 heterocycles. The van der Waals surface area contributed by atoms with Crippen molar-refractivity contribution >= 4 is 5.96 Å². The van der Waals surface area contributed by atoms with Gasteiger partial charge in [0.2, 0.25) is 0 Å². The molecule has 0 radical (unpaired) electrons. The highest BCUT2D eigenvalue weighted by Crippen LogP contribution is 2.17. The minimum Gasteiger partial charge on any atom is -0.370 e. The highest BCUT2D eigenvalue weighted by atomic mass is 15.1. The van der Waals surface area contributed by atoms with E-state index < -0.39 is 0 Å². The van der Waals surface area contributed by atoms with E-state index in [1.807, 2.05) is 13.8 Å². The minimum atomic E-state index is 0.508. The molecule has 4 N–H and O–H groups in total. The monoisotopic (exact) mass is 249 g/mol. The van der Waals surface area contributed by atoms with Gasteiger partial charge in [0.15, 0.2) is 5.96 Å². The molecule has 0 amide bonds. The molecule has 0 aromatic carbocycles. The Morgan fingerprint density at radius 3 is 2.72 bits per heavy atom. The maximum atomic E-state index is 5.93. The third kappa shape index (κ3) is 3.24. The van der Waals surface area contributed by atoms with Crippen LogP contribution in [0.25, 0.3) is 0 Å². The summed E-state index contributed by atoms with van der Waals surface area (Å²) < 4.78 is 0. The number of aromatic amines is 1. The summed E-state index contributed by atoms with van der Waals surface area (Å²) in [4.78, 5) is 4.41. The first-order valence-electron chi connectivity index (χ1n) is 6.73. The Labute approximate surface area is 108 Å². The lowest BCUT2D eigenvalue weighted by atomic mass is 9.96. The molecule has 0 unspecified atom stereocenters. The Bertz CT molecular complexity index is 396. The van der Waals surface area contributed by atoms with Crippen molar-refractivity contribution in [2.24, 2.45) is 10.7 Å². The molecule has 1 aliphatic rings. The van der Waals surface area contributed by atoms with E-state index in [0.29, 0.717) is 18.5 Å². The number of nitrogens with two attached hydrogens (primary N) is 1. The van der Waals surface area contributed by atoms with Gasteiger partial charge in [0.1, 0.15) is 0 Å². The van der Waals surface area contributed by atoms with Crippen molar-refractivity contribution in [3.8, 4) is 0 Å². The van der Waals surface area contributed by atoms with Gasteiger partial charge in [-0.3, -0.25) is 5.10 Å². The molecule has 1 aromatic heterocycles. The smallest absolute Gasteiger partial charge is 0.189 e. The lowest BCUT2D eigenvalue weighted by Gasteiger charge is -2.23. The summed E-state index contributed by atoms with van der Waals surface area (Å²) in [5, 5.41) is 10.4. The normalized spacial score (nSPS) is 18.0. The van der Waals surface area contributed by atoms with Crippen LogP contribution in [0, 0.1) is 13.8 Å². The predicted molar refractivity (Wildman–Crippen MR) is 73.4 cm³/mol. The molecule has 0 aliphatic heterocycles. The van der Waals surface area contributed by atoms with Crippen LogP contribution in [0.3, 0.4) is 0 Å². The highest BCUT2D eigenvalue weighted by Gasteiger charge is 2.13. The third-order valence-electron chi connectivity index (χ3n) is 3.65. The van der Waals surface area contributed by atoms with E-state index in [1.165, 1.54) is 32.1 Å². The second kappa shape index (κ2) is 5.89. The number of aliphatic imine (C=N–C) groups is 1. The lowest BCUT2D eigenvalue weighted by molar-refractivity contribution is 0.412. The second-order valence-electron chi connectivity index (χ2n) is 5.09. The summed E-state index contributed by atoms with van der Waals surface area (Å²) in [7, 11) is 0. The van der Waals surface area contributed by atoms with Crippen LogP contribution in [-0.2, 0) is 6.54 Å². The fraction of sp³-hybridized carbons (Fsp3) is 0.692. The highest BCUT2D eigenvalue weighted by molar-refractivity contribution is 5.78. The van der Waals surface area contributed by atoms with Gasteiger partial charge < -0.3 is 11.1 Å². The van der Waals surface area contributed by atoms with E-state index in [9.17, 15) is 0 Å². The van der Waals surface area contributed by atoms with Gasteiger partial charge >= 0.3 is 0 Å². The minimum absolute atomic E-state index is 0.508. The van der Waals surface area contributed by atoms with E-state index in [1.54, 1.807) is 0 Å². The maximum absolute atomic E-state index is 5.93. The number of rotatable bonds is 3. The van der Waals surface area contributed by atoms with Crippen LogP contribution in [-0.4, -0.2) is 22.2 Å². The number of nitrogens with zero attached hydrogens (tertiary/aromatic N) is 2. The van der Waals surface area contributed by atoms with Crippen molar-refractivity contribution < 1.29 is 0 Å². The first kappa shape index (κ1) is 12.9. The van der Waals surface area contributed by atoms with Gasteiger partial charge in [0.05, 0.1) is 12.2 Å². The number of aromatic nitrogens is 2. The average Bonchev–Trinajstić information content (AvgIpc) is 2.68. The molecule has 5 heteroatoms. The molecule has 100 valence electrons. The topological polar surface area (TPSA) is 79.1 Å². The van der Waals surface area contributed by atoms with E-state index in [0.717, 1.165) is 17.0 Å². The van der Waals surface area contributed by atoms with Gasteiger partial charge in [0.25, 0.3) is 0 Å². The van der Waals surface area contributed by atoms with Crippen LogP contribution < -0.4 is 11.1 Å². The van der Waals surface area contributed by atoms with Crippen molar-refractivity contribution in [3.05, 3.63) is 17.0 Å². The summed E-state index contributed by atoms with van der Waals surface area (Å²) in [6.07, 6.45) is 6.36. The first-order valence-corrected chi connectivity index (χ1v) is 6.73. The quantitative estimate of drug-likeness (QED) is 0.564. The van der Waals surface area contributed by atoms with Crippen LogP contribution in [0.5, 0.6) is 0 Å². The SMILES string of the molecule is Cc1n[nH]c(C)c1CN=C(N)NC1CCCCC1. The zero-order chi connectivity index (χ0) is 13.0. The number of nitrogens with one attached hydrogen (secondary N) is 2. The standard InChI is InChI=1S/C13H23N5/c1-9-12(10(2)18-17-9)8-15-13(14)16-11-6-4-3-5-7-11/h11H,3-8H2,1-2H3,(H,17,18)(H3,14,15,16). The lowest BCUT2D eigenvalue weighted by Crippen LogP contribution is -2.41. The van der Waals surface area contributed by atoms with E-state index >= 15 is 0 Å². The van der Waals surface area contributed by atoms with Crippen molar-refractivity contribution in [3.63, 3.8) is 0 Å². The van der Waals surface area contributed by atoms with Crippen LogP contribution >= 0.6 is 0 Å². The Balaban J connectivity index is 1.88. The van der Waals surface area contributed by atoms with Gasteiger partial charge in [-0.05, 0) is 26.7 Å². The summed E-state index contributed by atoms with van der Waals surface area (Å²) in [6.45, 7) is 4.59. The van der Waals surface area contributed by atoms with Gasteiger partial charge in [-0.15, -0.1) is 0 Å². The van der Waals surface area contributed by atoms with Crippen LogP contribution in [0.2, 0.25) is 0 Å². The molecule has 0 saturated heterocycles. The van der Waals surface area contributed by atoms with Crippen molar-refractivity contribution in [1.82, 2.24) is 15.5 Å². The van der Waals surface area contributed by atoms with Gasteiger partial charge in [0, 0.05) is 17.3 Å². The average molecular weight is 249 g/mol. The third-order valence-corrected chi connectivity index (χ3v) is 3.65. The number of H-pyrrole nitrogens is 1. The number of guanidine groups is 1. The number of hydrogen-bond donors (Lipinski definition) is 3. The number of hydrogen-bond acceptors (Lipinski definition) is 2. The van der Waals surface area contributed by atoms with Crippen LogP contribution in [0.15, 0.2) is 4.99 Å². The molecule has 1 fully saturated rings. The second-order valence-corrected chi connectivity index (χ2v) is 5.09. The summed E-state index contributed by atoms with van der Waals surface area (Å²) in [5.74, 6) is 0.557. The summed E-state index contributed by atoms with van der Waals surface area (Å²) in [6, 6.07) is 0.508.